The van der Waals surface area contributed by atoms with Gasteiger partial charge in [0.1, 0.15) is 17.4 Å². The molecule has 2 aromatic rings. The average Bonchev–Trinajstić information content (AvgIpc) is 3.11. The molecule has 3 heteroatoms. The maximum Gasteiger partial charge on any atom is 0.145 e. The zero-order valence-corrected chi connectivity index (χ0v) is 8.43. The van der Waals surface area contributed by atoms with Crippen LogP contribution in [-0.2, 0) is 4.74 Å². The molecule has 0 N–H and O–H groups in total. The predicted octanol–water partition coefficient (Wildman–Crippen LogP) is 2.31. The van der Waals surface area contributed by atoms with Crippen LogP contribution in [-0.4, -0.2) is 18.7 Å². The van der Waals surface area contributed by atoms with Gasteiger partial charge in [0.15, 0.2) is 0 Å². The van der Waals surface area contributed by atoms with E-state index in [1.165, 1.54) is 5.56 Å². The Balaban J connectivity index is 2.29. The molecule has 15 heavy (non-hydrogen) atoms. The predicted molar refractivity (Wildman–Crippen MR) is 57.0 cm³/mol. The van der Waals surface area contributed by atoms with Crippen LogP contribution in [0.5, 0.6) is 5.75 Å². The van der Waals surface area contributed by atoms with E-state index in [2.05, 4.69) is 11.1 Å². The third-order valence-corrected chi connectivity index (χ3v) is 2.67. The van der Waals surface area contributed by atoms with E-state index in [1.54, 1.807) is 7.11 Å². The SMILES string of the molecule is COc1cccc2c(C3CO3)ccnc12. The lowest BCUT2D eigenvalue weighted by Gasteiger charge is -2.06. The second-order valence-electron chi connectivity index (χ2n) is 3.58. The zero-order chi connectivity index (χ0) is 10.3. The number of hydrogen-bond donors (Lipinski definition) is 0. The van der Waals surface area contributed by atoms with Gasteiger partial charge < -0.3 is 9.47 Å². The van der Waals surface area contributed by atoms with Crippen molar-refractivity contribution in [1.29, 1.82) is 0 Å². The van der Waals surface area contributed by atoms with Crippen molar-refractivity contribution in [2.24, 2.45) is 0 Å². The molecular formula is C12H11NO2. The van der Waals surface area contributed by atoms with Gasteiger partial charge in [-0.15, -0.1) is 0 Å². The van der Waals surface area contributed by atoms with E-state index in [0.29, 0.717) is 0 Å². The number of fused-ring (bicyclic) bond motifs is 1. The standard InChI is InChI=1S/C12H11NO2/c1-14-10-4-2-3-9-8(11-7-15-11)5-6-13-12(9)10/h2-6,11H,7H2,1H3. The van der Waals surface area contributed by atoms with Crippen molar-refractivity contribution in [3.8, 4) is 5.75 Å². The molecule has 3 nitrogen and oxygen atoms in total. The Labute approximate surface area is 87.6 Å². The van der Waals surface area contributed by atoms with Gasteiger partial charge in [-0.1, -0.05) is 12.1 Å². The lowest BCUT2D eigenvalue weighted by molar-refractivity contribution is 0.415. The van der Waals surface area contributed by atoms with Gasteiger partial charge in [-0.05, 0) is 17.7 Å². The number of benzene rings is 1. The van der Waals surface area contributed by atoms with Gasteiger partial charge in [0, 0.05) is 11.6 Å². The minimum atomic E-state index is 0.252. The molecule has 0 radical (unpaired) electrons. The Bertz CT molecular complexity index is 506. The molecule has 0 spiro atoms. The number of ether oxygens (including phenoxy) is 2. The molecule has 0 bridgehead atoms. The Kier molecular flexibility index (Phi) is 1.86. The summed E-state index contributed by atoms with van der Waals surface area (Å²) in [5, 5.41) is 1.12. The fraction of sp³-hybridized carbons (Fsp3) is 0.250. The summed E-state index contributed by atoms with van der Waals surface area (Å²) >= 11 is 0. The van der Waals surface area contributed by atoms with Gasteiger partial charge in [-0.3, -0.25) is 4.98 Å². The summed E-state index contributed by atoms with van der Waals surface area (Å²) in [5.41, 5.74) is 2.12. The molecule has 1 saturated heterocycles. The van der Waals surface area contributed by atoms with Crippen LogP contribution >= 0.6 is 0 Å². The smallest absolute Gasteiger partial charge is 0.145 e. The number of nitrogens with zero attached hydrogens (tertiary/aromatic N) is 1. The molecule has 1 atom stereocenters. The van der Waals surface area contributed by atoms with Crippen molar-refractivity contribution in [3.63, 3.8) is 0 Å². The van der Waals surface area contributed by atoms with Crippen molar-refractivity contribution < 1.29 is 9.47 Å². The van der Waals surface area contributed by atoms with Gasteiger partial charge in [-0.2, -0.15) is 0 Å². The summed E-state index contributed by atoms with van der Waals surface area (Å²) in [6.07, 6.45) is 2.06. The first-order valence-corrected chi connectivity index (χ1v) is 4.93. The molecule has 1 aliphatic rings. The van der Waals surface area contributed by atoms with Crippen LogP contribution in [0, 0.1) is 0 Å². The fourth-order valence-electron chi connectivity index (χ4n) is 1.84. The molecule has 1 aromatic carbocycles. The summed E-state index contributed by atoms with van der Waals surface area (Å²) in [5.74, 6) is 0.815. The van der Waals surface area contributed by atoms with Crippen molar-refractivity contribution in [2.45, 2.75) is 6.10 Å². The average molecular weight is 201 g/mol. The molecule has 1 unspecified atom stereocenters. The molecule has 1 fully saturated rings. The number of para-hydroxylation sites is 1. The number of rotatable bonds is 2. The van der Waals surface area contributed by atoms with Gasteiger partial charge >= 0.3 is 0 Å². The summed E-state index contributed by atoms with van der Waals surface area (Å²) < 4.78 is 10.6. The molecule has 1 aromatic heterocycles. The number of hydrogen-bond acceptors (Lipinski definition) is 3. The summed E-state index contributed by atoms with van der Waals surface area (Å²) in [7, 11) is 1.66. The van der Waals surface area contributed by atoms with Gasteiger partial charge in [0.05, 0.1) is 13.7 Å². The first-order chi connectivity index (χ1) is 7.40. The number of aromatic nitrogens is 1. The minimum absolute atomic E-state index is 0.252. The van der Waals surface area contributed by atoms with E-state index < -0.39 is 0 Å². The highest BCUT2D eigenvalue weighted by molar-refractivity contribution is 5.87. The quantitative estimate of drug-likeness (QED) is 0.699. The van der Waals surface area contributed by atoms with Gasteiger partial charge in [0.25, 0.3) is 0 Å². The van der Waals surface area contributed by atoms with Crippen molar-refractivity contribution in [1.82, 2.24) is 4.98 Å². The highest BCUT2D eigenvalue weighted by atomic mass is 16.6. The van der Waals surface area contributed by atoms with E-state index in [4.69, 9.17) is 9.47 Å². The van der Waals surface area contributed by atoms with Crippen LogP contribution in [0.1, 0.15) is 11.7 Å². The maximum absolute atomic E-state index is 5.31. The van der Waals surface area contributed by atoms with Gasteiger partial charge in [0.2, 0.25) is 0 Å². The van der Waals surface area contributed by atoms with E-state index in [9.17, 15) is 0 Å². The molecular weight excluding hydrogens is 190 g/mol. The zero-order valence-electron chi connectivity index (χ0n) is 8.43. The molecule has 3 rings (SSSR count). The summed E-state index contributed by atoms with van der Waals surface area (Å²) in [6, 6.07) is 7.98. The third kappa shape index (κ3) is 1.36. The van der Waals surface area contributed by atoms with Crippen molar-refractivity contribution in [2.75, 3.05) is 13.7 Å². The molecule has 1 aliphatic heterocycles. The first-order valence-electron chi connectivity index (χ1n) is 4.93. The summed E-state index contributed by atoms with van der Waals surface area (Å²) in [6.45, 7) is 0.816. The second-order valence-corrected chi connectivity index (χ2v) is 3.58. The van der Waals surface area contributed by atoms with Crippen LogP contribution in [0.25, 0.3) is 10.9 Å². The van der Waals surface area contributed by atoms with Crippen molar-refractivity contribution in [3.05, 3.63) is 36.0 Å². The lowest BCUT2D eigenvalue weighted by Crippen LogP contribution is -1.90. The summed E-state index contributed by atoms with van der Waals surface area (Å²) in [4.78, 5) is 4.34. The van der Waals surface area contributed by atoms with E-state index >= 15 is 0 Å². The largest absolute Gasteiger partial charge is 0.494 e. The van der Waals surface area contributed by atoms with Crippen molar-refractivity contribution >= 4 is 10.9 Å². The first kappa shape index (κ1) is 8.68. The third-order valence-electron chi connectivity index (χ3n) is 2.67. The molecule has 76 valence electrons. The monoisotopic (exact) mass is 201 g/mol. The van der Waals surface area contributed by atoms with E-state index in [0.717, 1.165) is 23.3 Å². The number of epoxide rings is 1. The molecule has 0 aliphatic carbocycles. The van der Waals surface area contributed by atoms with E-state index in [-0.39, 0.29) is 6.10 Å². The highest BCUT2D eigenvalue weighted by Gasteiger charge is 2.26. The number of pyridine rings is 1. The topological polar surface area (TPSA) is 34.6 Å². The van der Waals surface area contributed by atoms with Crippen LogP contribution in [0.15, 0.2) is 30.5 Å². The van der Waals surface area contributed by atoms with Crippen LogP contribution in [0.4, 0.5) is 0 Å². The Hall–Kier alpha value is -1.61. The molecule has 0 saturated carbocycles. The number of methoxy groups -OCH3 is 1. The molecule has 2 heterocycles. The van der Waals surface area contributed by atoms with Gasteiger partial charge in [-0.25, -0.2) is 0 Å². The highest BCUT2D eigenvalue weighted by Crippen LogP contribution is 2.36. The van der Waals surface area contributed by atoms with Crippen LogP contribution in [0.3, 0.4) is 0 Å². The maximum atomic E-state index is 5.31. The van der Waals surface area contributed by atoms with E-state index in [1.807, 2.05) is 24.4 Å². The Morgan fingerprint density at radius 2 is 2.27 bits per heavy atom. The van der Waals surface area contributed by atoms with Crippen LogP contribution < -0.4 is 4.74 Å². The lowest BCUT2D eigenvalue weighted by atomic mass is 10.1. The Morgan fingerprint density at radius 3 is 3.00 bits per heavy atom. The fourth-order valence-corrected chi connectivity index (χ4v) is 1.84. The normalized spacial score (nSPS) is 19.1. The minimum Gasteiger partial charge on any atom is -0.494 e. The Morgan fingerprint density at radius 1 is 1.40 bits per heavy atom. The second kappa shape index (κ2) is 3.21. The molecule has 0 amide bonds. The van der Waals surface area contributed by atoms with Crippen LogP contribution in [0.2, 0.25) is 0 Å².